The molecule has 0 saturated carbocycles. The van der Waals surface area contributed by atoms with Gasteiger partial charge in [0.1, 0.15) is 6.04 Å². The maximum Gasteiger partial charge on any atom is 0.263 e. The van der Waals surface area contributed by atoms with E-state index in [9.17, 15) is 13.2 Å². The first-order chi connectivity index (χ1) is 15.0. The number of carbonyl (C=O) groups is 1. The molecule has 0 bridgehead atoms. The number of carbonyl (C=O) groups excluding carboxylic acids is 1. The van der Waals surface area contributed by atoms with Crippen molar-refractivity contribution in [3.05, 3.63) is 65.7 Å². The minimum absolute atomic E-state index is 0.0632. The number of amides is 1. The van der Waals surface area contributed by atoms with E-state index in [0.717, 1.165) is 31.5 Å². The molecule has 160 valence electrons. The molecule has 7 nitrogen and oxygen atoms in total. The fourth-order valence-corrected chi connectivity index (χ4v) is 6.14. The minimum Gasteiger partial charge on any atom is -0.359 e. The molecule has 2 aliphatic rings. The van der Waals surface area contributed by atoms with Crippen LogP contribution in [-0.4, -0.2) is 38.4 Å². The van der Waals surface area contributed by atoms with E-state index in [1.165, 1.54) is 29.0 Å². The molecule has 5 rings (SSSR count). The molecular weight excluding hydrogens is 432 g/mol. The number of aryl methyl sites for hydroxylation is 1. The molecule has 2 aromatic carbocycles. The Morgan fingerprint density at radius 3 is 2.65 bits per heavy atom. The maximum atomic E-state index is 13.3. The van der Waals surface area contributed by atoms with Gasteiger partial charge in [-0.25, -0.2) is 13.4 Å². The number of aromatic nitrogens is 1. The molecule has 31 heavy (non-hydrogen) atoms. The summed E-state index contributed by atoms with van der Waals surface area (Å²) < 4.78 is 27.5. The minimum atomic E-state index is -3.71. The molecule has 0 unspecified atom stereocenters. The number of nitrogens with one attached hydrogen (secondary N) is 1. The fraction of sp³-hybridized carbons (Fsp3) is 0.273. The summed E-state index contributed by atoms with van der Waals surface area (Å²) in [7, 11) is -3.71. The van der Waals surface area contributed by atoms with Gasteiger partial charge in [0.05, 0.1) is 4.90 Å². The number of hydrogen-bond donors (Lipinski definition) is 1. The standard InChI is InChI=1S/C22H22N4O3S2/c27-21-20(26-13-3-5-16-4-1-2-6-19(16)26)11-14-25(21)17-7-9-18(10-8-17)31(28,29)24-22-23-12-15-30-22/h1-2,4,6-10,12,15,20H,3,5,11,13-14H2,(H,23,24)/t20-/m0/s1. The third kappa shape index (κ3) is 3.79. The van der Waals surface area contributed by atoms with Crippen molar-refractivity contribution >= 4 is 43.8 Å². The second-order valence-corrected chi connectivity index (χ2v) is 10.2. The van der Waals surface area contributed by atoms with Crippen LogP contribution in [0.15, 0.2) is 65.0 Å². The fourth-order valence-electron chi connectivity index (χ4n) is 4.35. The van der Waals surface area contributed by atoms with Crippen LogP contribution < -0.4 is 14.5 Å². The van der Waals surface area contributed by atoms with Gasteiger partial charge in [0.25, 0.3) is 10.0 Å². The molecule has 0 spiro atoms. The summed E-state index contributed by atoms with van der Waals surface area (Å²) in [6, 6.07) is 14.6. The van der Waals surface area contributed by atoms with Gasteiger partial charge < -0.3 is 9.80 Å². The van der Waals surface area contributed by atoms with E-state index in [4.69, 9.17) is 0 Å². The molecule has 1 atom stereocenters. The molecule has 1 N–H and O–H groups in total. The van der Waals surface area contributed by atoms with Crippen LogP contribution in [0.25, 0.3) is 0 Å². The number of sulfonamides is 1. The van der Waals surface area contributed by atoms with Crippen molar-refractivity contribution in [1.82, 2.24) is 4.98 Å². The molecular formula is C22H22N4O3S2. The molecule has 3 aromatic rings. The highest BCUT2D eigenvalue weighted by atomic mass is 32.2. The second-order valence-electron chi connectivity index (χ2n) is 7.66. The van der Waals surface area contributed by atoms with Crippen molar-refractivity contribution < 1.29 is 13.2 Å². The van der Waals surface area contributed by atoms with Crippen LogP contribution in [0.2, 0.25) is 0 Å². The van der Waals surface area contributed by atoms with E-state index in [1.807, 2.05) is 12.1 Å². The third-order valence-corrected chi connectivity index (χ3v) is 7.98. The van der Waals surface area contributed by atoms with Crippen LogP contribution >= 0.6 is 11.3 Å². The molecule has 1 saturated heterocycles. The van der Waals surface area contributed by atoms with E-state index < -0.39 is 10.0 Å². The van der Waals surface area contributed by atoms with Gasteiger partial charge in [-0.2, -0.15) is 0 Å². The molecule has 1 aromatic heterocycles. The lowest BCUT2D eigenvalue weighted by atomic mass is 9.99. The number of anilines is 3. The molecule has 2 aliphatic heterocycles. The van der Waals surface area contributed by atoms with E-state index in [2.05, 4.69) is 26.7 Å². The highest BCUT2D eigenvalue weighted by Gasteiger charge is 2.38. The Bertz CT molecular complexity index is 1190. The highest BCUT2D eigenvalue weighted by Crippen LogP contribution is 2.33. The molecule has 9 heteroatoms. The Morgan fingerprint density at radius 1 is 1.06 bits per heavy atom. The smallest absolute Gasteiger partial charge is 0.263 e. The lowest BCUT2D eigenvalue weighted by Gasteiger charge is -2.35. The summed E-state index contributed by atoms with van der Waals surface area (Å²) in [4.78, 5) is 21.3. The van der Waals surface area contributed by atoms with Crippen molar-refractivity contribution in [2.45, 2.75) is 30.2 Å². The Balaban J connectivity index is 1.34. The average molecular weight is 455 g/mol. The zero-order valence-electron chi connectivity index (χ0n) is 16.8. The van der Waals surface area contributed by atoms with E-state index in [0.29, 0.717) is 17.4 Å². The quantitative estimate of drug-likeness (QED) is 0.638. The topological polar surface area (TPSA) is 82.6 Å². The van der Waals surface area contributed by atoms with E-state index in [-0.39, 0.29) is 16.8 Å². The molecule has 0 radical (unpaired) electrons. The van der Waals surface area contributed by atoms with Gasteiger partial charge in [-0.1, -0.05) is 18.2 Å². The molecule has 3 heterocycles. The predicted molar refractivity (Wildman–Crippen MR) is 122 cm³/mol. The maximum absolute atomic E-state index is 13.3. The van der Waals surface area contributed by atoms with Crippen LogP contribution in [-0.2, 0) is 21.2 Å². The lowest BCUT2D eigenvalue weighted by molar-refractivity contribution is -0.118. The van der Waals surface area contributed by atoms with E-state index in [1.54, 1.807) is 28.6 Å². The van der Waals surface area contributed by atoms with Crippen LogP contribution in [0.3, 0.4) is 0 Å². The predicted octanol–water partition coefficient (Wildman–Crippen LogP) is 3.50. The van der Waals surface area contributed by atoms with Crippen molar-refractivity contribution in [3.8, 4) is 0 Å². The zero-order valence-corrected chi connectivity index (χ0v) is 18.4. The SMILES string of the molecule is O=C1[C@@H](N2CCCc3ccccc32)CCN1c1ccc(S(=O)(=O)Nc2nccs2)cc1. The average Bonchev–Trinajstić information content (AvgIpc) is 3.42. The Morgan fingerprint density at radius 2 is 1.87 bits per heavy atom. The Hall–Kier alpha value is -2.91. The van der Waals surface area contributed by atoms with Crippen molar-refractivity contribution in [1.29, 1.82) is 0 Å². The van der Waals surface area contributed by atoms with Gasteiger partial charge in [-0.05, 0) is 55.2 Å². The Labute approximate surface area is 185 Å². The van der Waals surface area contributed by atoms with Gasteiger partial charge in [-0.3, -0.25) is 9.52 Å². The van der Waals surface area contributed by atoms with E-state index >= 15 is 0 Å². The van der Waals surface area contributed by atoms with Crippen LogP contribution in [0.1, 0.15) is 18.4 Å². The number of hydrogen-bond acceptors (Lipinski definition) is 6. The Kier molecular flexibility index (Phi) is 5.15. The van der Waals surface area contributed by atoms with Gasteiger partial charge in [-0.15, -0.1) is 11.3 Å². The summed E-state index contributed by atoms with van der Waals surface area (Å²) in [6.45, 7) is 1.49. The van der Waals surface area contributed by atoms with Crippen molar-refractivity contribution in [2.75, 3.05) is 27.6 Å². The highest BCUT2D eigenvalue weighted by molar-refractivity contribution is 7.93. The number of thiazole rings is 1. The van der Waals surface area contributed by atoms with Gasteiger partial charge in [0.2, 0.25) is 5.91 Å². The third-order valence-electron chi connectivity index (χ3n) is 5.81. The number of para-hydroxylation sites is 1. The molecule has 0 aliphatic carbocycles. The van der Waals surface area contributed by atoms with Crippen molar-refractivity contribution in [3.63, 3.8) is 0 Å². The number of benzene rings is 2. The summed E-state index contributed by atoms with van der Waals surface area (Å²) in [5, 5.41) is 2.03. The zero-order chi connectivity index (χ0) is 21.4. The summed E-state index contributed by atoms with van der Waals surface area (Å²) >= 11 is 1.22. The van der Waals surface area contributed by atoms with Gasteiger partial charge in [0, 0.05) is 36.0 Å². The number of nitrogens with zero attached hydrogens (tertiary/aromatic N) is 3. The normalized spacial score (nSPS) is 18.8. The monoisotopic (exact) mass is 454 g/mol. The first-order valence-corrected chi connectivity index (χ1v) is 12.6. The van der Waals surface area contributed by atoms with Crippen molar-refractivity contribution in [2.24, 2.45) is 0 Å². The number of fused-ring (bicyclic) bond motifs is 1. The van der Waals surface area contributed by atoms with Gasteiger partial charge in [0.15, 0.2) is 5.13 Å². The van der Waals surface area contributed by atoms with Gasteiger partial charge >= 0.3 is 0 Å². The number of rotatable bonds is 5. The van der Waals surface area contributed by atoms with Crippen LogP contribution in [0, 0.1) is 0 Å². The van der Waals surface area contributed by atoms with Crippen LogP contribution in [0.5, 0.6) is 0 Å². The molecule has 1 amide bonds. The summed E-state index contributed by atoms with van der Waals surface area (Å²) in [6.07, 6.45) is 4.38. The second kappa shape index (κ2) is 7.97. The first kappa shape index (κ1) is 20.0. The van der Waals surface area contributed by atoms with Crippen LogP contribution in [0.4, 0.5) is 16.5 Å². The molecule has 1 fully saturated rings. The first-order valence-electron chi connectivity index (χ1n) is 10.2. The summed E-state index contributed by atoms with van der Waals surface area (Å²) in [5.74, 6) is 0.0632. The summed E-state index contributed by atoms with van der Waals surface area (Å²) in [5.41, 5.74) is 3.16. The largest absolute Gasteiger partial charge is 0.359 e. The lowest BCUT2D eigenvalue weighted by Crippen LogP contribution is -2.44.